The summed E-state index contributed by atoms with van der Waals surface area (Å²) in [5, 5.41) is 9.30. The fourth-order valence-electron chi connectivity index (χ4n) is 4.34. The van der Waals surface area contributed by atoms with Crippen molar-refractivity contribution >= 4 is 11.5 Å². The number of hydrogen-bond acceptors (Lipinski definition) is 2. The summed E-state index contributed by atoms with van der Waals surface area (Å²) >= 11 is 0. The molecule has 1 unspecified atom stereocenters. The second-order valence-electron chi connectivity index (χ2n) is 9.41. The maximum Gasteiger partial charge on any atom is 0.387 e. The smallest absolute Gasteiger partial charge is 0.387 e. The average molecular weight is 515 g/mol. The van der Waals surface area contributed by atoms with Gasteiger partial charge in [-0.25, -0.2) is 9.18 Å². The molecule has 0 fully saturated rings. The van der Waals surface area contributed by atoms with E-state index < -0.39 is 18.4 Å². The van der Waals surface area contributed by atoms with Crippen LogP contribution in [0, 0.1) is 11.7 Å². The predicted molar refractivity (Wildman–Crippen MR) is 144 cm³/mol. The first-order valence-corrected chi connectivity index (χ1v) is 12.6. The summed E-state index contributed by atoms with van der Waals surface area (Å²) in [6.45, 7) is 8.74. The number of aryl methyl sites for hydroxylation is 1. The summed E-state index contributed by atoms with van der Waals surface area (Å²) in [6, 6.07) is 9.73. The van der Waals surface area contributed by atoms with Crippen LogP contribution in [0.2, 0.25) is 0 Å². The van der Waals surface area contributed by atoms with Crippen LogP contribution in [-0.4, -0.2) is 17.7 Å². The predicted octanol–water partition coefficient (Wildman–Crippen LogP) is 9.20. The van der Waals surface area contributed by atoms with Crippen molar-refractivity contribution in [2.75, 3.05) is 0 Å². The molecule has 2 rings (SSSR count). The van der Waals surface area contributed by atoms with Crippen LogP contribution < -0.4 is 4.74 Å². The maximum absolute atomic E-state index is 15.4. The monoisotopic (exact) mass is 514 g/mol. The van der Waals surface area contributed by atoms with Crippen molar-refractivity contribution in [2.45, 2.75) is 73.3 Å². The molecule has 0 saturated carbocycles. The van der Waals surface area contributed by atoms with E-state index in [2.05, 4.69) is 18.6 Å². The van der Waals surface area contributed by atoms with Crippen LogP contribution in [0.3, 0.4) is 0 Å². The number of hydrogen-bond donors (Lipinski definition) is 1. The summed E-state index contributed by atoms with van der Waals surface area (Å²) in [6.07, 6.45) is 7.56. The third kappa shape index (κ3) is 7.85. The lowest BCUT2D eigenvalue weighted by Crippen LogP contribution is -2.09. The lowest BCUT2D eigenvalue weighted by atomic mass is 9.80. The van der Waals surface area contributed by atoms with Gasteiger partial charge in [-0.15, -0.1) is 0 Å². The summed E-state index contributed by atoms with van der Waals surface area (Å²) in [5.74, 6) is -1.39. The van der Waals surface area contributed by atoms with Crippen LogP contribution in [-0.2, 0) is 6.42 Å². The van der Waals surface area contributed by atoms with Gasteiger partial charge in [-0.1, -0.05) is 69.2 Å². The molecule has 0 amide bonds. The van der Waals surface area contributed by atoms with E-state index in [4.69, 9.17) is 0 Å². The van der Waals surface area contributed by atoms with Gasteiger partial charge in [0, 0.05) is 5.92 Å². The molecule has 6 heteroatoms. The Kier molecular flexibility index (Phi) is 11.2. The van der Waals surface area contributed by atoms with Crippen molar-refractivity contribution < 1.29 is 27.8 Å². The van der Waals surface area contributed by atoms with Gasteiger partial charge in [0.15, 0.2) is 0 Å². The first-order chi connectivity index (χ1) is 17.5. The van der Waals surface area contributed by atoms with E-state index >= 15 is 4.39 Å². The Bertz CT molecular complexity index is 1160. The summed E-state index contributed by atoms with van der Waals surface area (Å²) < 4.78 is 46.3. The number of carboxylic acid groups (broad SMARTS) is 1. The highest BCUT2D eigenvalue weighted by atomic mass is 19.3. The molecule has 2 atom stereocenters. The van der Waals surface area contributed by atoms with Crippen LogP contribution in [0.1, 0.15) is 87.4 Å². The Morgan fingerprint density at radius 1 is 1.05 bits per heavy atom. The molecule has 0 aliphatic carbocycles. The van der Waals surface area contributed by atoms with Gasteiger partial charge in [-0.3, -0.25) is 0 Å². The Morgan fingerprint density at radius 3 is 2.19 bits per heavy atom. The van der Waals surface area contributed by atoms with Crippen molar-refractivity contribution in [3.05, 3.63) is 93.8 Å². The Balaban J connectivity index is 2.60. The fraction of sp³-hybridized carbons (Fsp3) is 0.387. The second-order valence-corrected chi connectivity index (χ2v) is 9.41. The lowest BCUT2D eigenvalue weighted by molar-refractivity contribution is -0.0502. The highest BCUT2D eigenvalue weighted by Gasteiger charge is 2.22. The number of ether oxygens (including phenoxy) is 1. The minimum absolute atomic E-state index is 0.00999. The molecular weight excluding hydrogens is 477 g/mol. The van der Waals surface area contributed by atoms with Gasteiger partial charge in [0.05, 0.1) is 11.1 Å². The summed E-state index contributed by atoms with van der Waals surface area (Å²) in [7, 11) is 0. The van der Waals surface area contributed by atoms with E-state index in [1.807, 2.05) is 32.1 Å². The molecule has 1 N–H and O–H groups in total. The molecule has 0 radical (unpaired) electrons. The van der Waals surface area contributed by atoms with Crippen LogP contribution in [0.25, 0.3) is 5.57 Å². The van der Waals surface area contributed by atoms with Crippen LogP contribution in [0.5, 0.6) is 5.75 Å². The molecule has 0 aliphatic heterocycles. The van der Waals surface area contributed by atoms with Gasteiger partial charge in [0.1, 0.15) is 11.6 Å². The SMILES string of the molecule is C/C=C(\C=C/C(=C(C)C)C(C[C@@H](C)CC)c1ccc(C(=O)O)cc1)c1c(OC(F)F)ccc(CC)c1F. The lowest BCUT2D eigenvalue weighted by Gasteiger charge is -2.24. The number of alkyl halides is 2. The molecule has 0 spiro atoms. The summed E-state index contributed by atoms with van der Waals surface area (Å²) in [5.41, 5.74) is 4.12. The van der Waals surface area contributed by atoms with Gasteiger partial charge in [-0.05, 0) is 80.0 Å². The molecular formula is C31H37F3O3. The van der Waals surface area contributed by atoms with Crippen molar-refractivity contribution in [1.82, 2.24) is 0 Å². The minimum Gasteiger partial charge on any atom is -0.478 e. The molecule has 200 valence electrons. The molecule has 37 heavy (non-hydrogen) atoms. The van der Waals surface area contributed by atoms with Crippen molar-refractivity contribution in [1.29, 1.82) is 0 Å². The second kappa shape index (κ2) is 13.9. The number of benzene rings is 2. The van der Waals surface area contributed by atoms with Crippen molar-refractivity contribution in [3.8, 4) is 5.75 Å². The van der Waals surface area contributed by atoms with E-state index in [0.717, 1.165) is 29.6 Å². The van der Waals surface area contributed by atoms with Gasteiger partial charge in [-0.2, -0.15) is 8.78 Å². The van der Waals surface area contributed by atoms with E-state index in [0.29, 0.717) is 23.5 Å². The van der Waals surface area contributed by atoms with E-state index in [1.165, 1.54) is 12.1 Å². The number of allylic oxidation sites excluding steroid dienone is 6. The Hall–Kier alpha value is -3.28. The van der Waals surface area contributed by atoms with Crippen LogP contribution in [0.4, 0.5) is 13.2 Å². The van der Waals surface area contributed by atoms with Gasteiger partial charge in [0.2, 0.25) is 0 Å². The molecule has 2 aromatic carbocycles. The van der Waals surface area contributed by atoms with E-state index in [-0.39, 0.29) is 22.8 Å². The van der Waals surface area contributed by atoms with Crippen molar-refractivity contribution in [2.24, 2.45) is 5.92 Å². The zero-order chi connectivity index (χ0) is 27.7. The van der Waals surface area contributed by atoms with Crippen LogP contribution >= 0.6 is 0 Å². The van der Waals surface area contributed by atoms with Crippen LogP contribution in [0.15, 0.2) is 65.8 Å². The Morgan fingerprint density at radius 2 is 1.70 bits per heavy atom. The first-order valence-electron chi connectivity index (χ1n) is 12.6. The number of rotatable bonds is 12. The number of carboxylic acids is 1. The minimum atomic E-state index is -3.07. The highest BCUT2D eigenvalue weighted by molar-refractivity contribution is 5.87. The number of carbonyl (C=O) groups is 1. The Labute approximate surface area is 218 Å². The molecule has 0 aliphatic rings. The first kappa shape index (κ1) is 29.9. The normalized spacial score (nSPS) is 13.6. The third-order valence-corrected chi connectivity index (χ3v) is 6.67. The topological polar surface area (TPSA) is 46.5 Å². The van der Waals surface area contributed by atoms with Gasteiger partial charge < -0.3 is 9.84 Å². The quantitative estimate of drug-likeness (QED) is 0.287. The maximum atomic E-state index is 15.4. The summed E-state index contributed by atoms with van der Waals surface area (Å²) in [4.78, 5) is 11.3. The molecule has 3 nitrogen and oxygen atoms in total. The molecule has 2 aromatic rings. The molecule has 0 saturated heterocycles. The highest BCUT2D eigenvalue weighted by Crippen LogP contribution is 2.37. The van der Waals surface area contributed by atoms with Gasteiger partial charge >= 0.3 is 12.6 Å². The standard InChI is InChI=1S/C31H37F3O3/c1-7-20(6)18-26(23-10-12-24(13-11-23)30(35)36)25(19(4)5)16-14-21(8-2)28-27(37-31(33)34)17-15-22(9-3)29(28)32/h8,10-17,20,26,31H,7,9,18H2,1-6H3,(H,35,36)/b16-14-,21-8+/t20-,26?/m0/s1. The molecule has 0 bridgehead atoms. The third-order valence-electron chi connectivity index (χ3n) is 6.67. The van der Waals surface area contributed by atoms with Crippen molar-refractivity contribution in [3.63, 3.8) is 0 Å². The number of aromatic carboxylic acids is 1. The zero-order valence-corrected chi connectivity index (χ0v) is 22.4. The average Bonchev–Trinajstić information content (AvgIpc) is 2.86. The largest absolute Gasteiger partial charge is 0.478 e. The molecule has 0 heterocycles. The molecule has 0 aromatic heterocycles. The van der Waals surface area contributed by atoms with Gasteiger partial charge in [0.25, 0.3) is 0 Å². The van der Waals surface area contributed by atoms with E-state index in [1.54, 1.807) is 38.1 Å². The van der Waals surface area contributed by atoms with E-state index in [9.17, 15) is 18.7 Å². The fourth-order valence-corrected chi connectivity index (χ4v) is 4.34. The number of halogens is 3. The zero-order valence-electron chi connectivity index (χ0n) is 22.4.